The molecule has 1 aliphatic carbocycles. The average molecular weight is 289 g/mol. The summed E-state index contributed by atoms with van der Waals surface area (Å²) < 4.78 is 29.0. The number of carbonyl (C=O) groups is 2. The number of halogens is 3. The van der Waals surface area contributed by atoms with Gasteiger partial charge in [-0.15, -0.1) is 0 Å². The Kier molecular flexibility index (Phi) is 4.14. The Balaban J connectivity index is 2.27. The van der Waals surface area contributed by atoms with Crippen LogP contribution in [-0.4, -0.2) is 17.6 Å². The number of rotatable bonds is 4. The molecule has 3 nitrogen and oxygen atoms in total. The predicted molar refractivity (Wildman–Crippen MR) is 64.4 cm³/mol. The standard InChI is InChI=1S/C13H11ClF2O3/c14-12(18)7-5-9(10(17)6-7)8-3-1-2-4-11(8)19-13(15)16/h1-4,7,9,13H,5-6H2/t7-,9-/m1/s1. The van der Waals surface area contributed by atoms with Crippen molar-refractivity contribution >= 4 is 22.6 Å². The highest BCUT2D eigenvalue weighted by atomic mass is 35.5. The number of Topliss-reactive ketones (excluding diaryl/α,β-unsaturated/α-hetero) is 1. The third-order valence-corrected chi connectivity index (χ3v) is 3.50. The first kappa shape index (κ1) is 13.9. The minimum Gasteiger partial charge on any atom is -0.435 e. The molecule has 102 valence electrons. The second-order valence-electron chi connectivity index (χ2n) is 4.38. The van der Waals surface area contributed by atoms with Gasteiger partial charge in [0.1, 0.15) is 11.5 Å². The lowest BCUT2D eigenvalue weighted by Gasteiger charge is -2.14. The van der Waals surface area contributed by atoms with Gasteiger partial charge in [-0.1, -0.05) is 18.2 Å². The monoisotopic (exact) mass is 288 g/mol. The van der Waals surface area contributed by atoms with Crippen molar-refractivity contribution in [2.45, 2.75) is 25.4 Å². The molecule has 0 heterocycles. The molecule has 0 aliphatic heterocycles. The summed E-state index contributed by atoms with van der Waals surface area (Å²) in [4.78, 5) is 23.0. The molecule has 1 aliphatic rings. The molecule has 1 fully saturated rings. The zero-order valence-electron chi connectivity index (χ0n) is 9.81. The Morgan fingerprint density at radius 3 is 2.63 bits per heavy atom. The maximum atomic E-state index is 12.3. The van der Waals surface area contributed by atoms with Crippen LogP contribution in [0.1, 0.15) is 24.3 Å². The van der Waals surface area contributed by atoms with Crippen LogP contribution in [0.5, 0.6) is 5.75 Å². The van der Waals surface area contributed by atoms with E-state index in [1.165, 1.54) is 6.07 Å². The number of alkyl halides is 2. The predicted octanol–water partition coefficient (Wildman–Crippen LogP) is 3.12. The van der Waals surface area contributed by atoms with Crippen LogP contribution in [0.15, 0.2) is 24.3 Å². The summed E-state index contributed by atoms with van der Waals surface area (Å²) in [6.07, 6.45) is 0.292. The van der Waals surface area contributed by atoms with Crippen LogP contribution in [0, 0.1) is 5.92 Å². The summed E-state index contributed by atoms with van der Waals surface area (Å²) in [6, 6.07) is 6.12. The van der Waals surface area contributed by atoms with Gasteiger partial charge in [-0.05, 0) is 24.1 Å². The van der Waals surface area contributed by atoms with Crippen molar-refractivity contribution in [1.82, 2.24) is 0 Å². The van der Waals surface area contributed by atoms with Crippen LogP contribution in [-0.2, 0) is 9.59 Å². The van der Waals surface area contributed by atoms with Gasteiger partial charge in [-0.25, -0.2) is 0 Å². The molecule has 1 aromatic carbocycles. The number of hydrogen-bond donors (Lipinski definition) is 0. The number of para-hydroxylation sites is 1. The third kappa shape index (κ3) is 3.10. The van der Waals surface area contributed by atoms with E-state index in [4.69, 9.17) is 11.6 Å². The average Bonchev–Trinajstić information content (AvgIpc) is 2.71. The number of carbonyl (C=O) groups excluding carboxylic acids is 2. The van der Waals surface area contributed by atoms with Crippen LogP contribution in [0.2, 0.25) is 0 Å². The summed E-state index contributed by atoms with van der Waals surface area (Å²) in [7, 11) is 0. The molecule has 6 heteroatoms. The van der Waals surface area contributed by atoms with Crippen molar-refractivity contribution in [3.05, 3.63) is 29.8 Å². The van der Waals surface area contributed by atoms with Gasteiger partial charge in [0.15, 0.2) is 0 Å². The third-order valence-electron chi connectivity index (χ3n) is 3.19. The minimum atomic E-state index is -2.96. The fourth-order valence-electron chi connectivity index (χ4n) is 2.33. The summed E-state index contributed by atoms with van der Waals surface area (Å²) >= 11 is 5.38. The minimum absolute atomic E-state index is 0.0291. The Bertz CT molecular complexity index is 504. The first-order valence-corrected chi connectivity index (χ1v) is 6.12. The topological polar surface area (TPSA) is 43.4 Å². The van der Waals surface area contributed by atoms with Gasteiger partial charge in [-0.3, -0.25) is 9.59 Å². The Morgan fingerprint density at radius 1 is 1.37 bits per heavy atom. The second kappa shape index (κ2) is 5.65. The van der Waals surface area contributed by atoms with Gasteiger partial charge < -0.3 is 4.74 Å². The first-order valence-electron chi connectivity index (χ1n) is 5.75. The summed E-state index contributed by atoms with van der Waals surface area (Å²) in [5.74, 6) is -1.36. The smallest absolute Gasteiger partial charge is 0.387 e. The second-order valence-corrected chi connectivity index (χ2v) is 4.75. The van der Waals surface area contributed by atoms with E-state index in [2.05, 4.69) is 4.74 Å². The van der Waals surface area contributed by atoms with Crippen molar-refractivity contribution in [3.8, 4) is 5.75 Å². The van der Waals surface area contributed by atoms with Gasteiger partial charge in [-0.2, -0.15) is 8.78 Å². The highest BCUT2D eigenvalue weighted by Crippen LogP contribution is 2.40. The maximum Gasteiger partial charge on any atom is 0.387 e. The molecule has 2 rings (SSSR count). The molecule has 1 saturated carbocycles. The number of ether oxygens (including phenoxy) is 1. The normalized spacial score (nSPS) is 22.8. The summed E-state index contributed by atoms with van der Waals surface area (Å²) in [5.41, 5.74) is 0.383. The van der Waals surface area contributed by atoms with E-state index in [9.17, 15) is 18.4 Å². The van der Waals surface area contributed by atoms with E-state index < -0.39 is 23.7 Å². The largest absolute Gasteiger partial charge is 0.435 e. The Labute approximate surface area is 113 Å². The van der Waals surface area contributed by atoms with Gasteiger partial charge >= 0.3 is 6.61 Å². The number of ketones is 1. The molecule has 0 unspecified atom stereocenters. The maximum absolute atomic E-state index is 12.3. The van der Waals surface area contributed by atoms with Crippen molar-refractivity contribution in [2.24, 2.45) is 5.92 Å². The van der Waals surface area contributed by atoms with Gasteiger partial charge in [0.2, 0.25) is 5.24 Å². The van der Waals surface area contributed by atoms with Crippen molar-refractivity contribution in [2.75, 3.05) is 0 Å². The molecule has 0 bridgehead atoms. The molecule has 0 aromatic heterocycles. The van der Waals surface area contributed by atoms with Crippen LogP contribution < -0.4 is 4.74 Å². The van der Waals surface area contributed by atoms with E-state index in [1.807, 2.05) is 0 Å². The number of hydrogen-bond acceptors (Lipinski definition) is 3. The molecular formula is C13H11ClF2O3. The molecule has 0 spiro atoms. The first-order chi connectivity index (χ1) is 8.99. The van der Waals surface area contributed by atoms with E-state index in [0.717, 1.165) is 0 Å². The van der Waals surface area contributed by atoms with Crippen LogP contribution in [0.4, 0.5) is 8.78 Å². The Hall–Kier alpha value is -1.49. The van der Waals surface area contributed by atoms with Crippen LogP contribution in [0.25, 0.3) is 0 Å². The highest BCUT2D eigenvalue weighted by Gasteiger charge is 2.38. The van der Waals surface area contributed by atoms with E-state index in [1.54, 1.807) is 18.2 Å². The van der Waals surface area contributed by atoms with Gasteiger partial charge in [0.25, 0.3) is 0 Å². The number of benzene rings is 1. The molecule has 1 aromatic rings. The summed E-state index contributed by atoms with van der Waals surface area (Å²) in [5, 5.41) is -0.567. The van der Waals surface area contributed by atoms with E-state index in [0.29, 0.717) is 5.56 Å². The van der Waals surface area contributed by atoms with Gasteiger partial charge in [0, 0.05) is 23.8 Å². The van der Waals surface area contributed by atoms with Crippen molar-refractivity contribution in [1.29, 1.82) is 0 Å². The fraction of sp³-hybridized carbons (Fsp3) is 0.385. The van der Waals surface area contributed by atoms with Crippen molar-refractivity contribution < 1.29 is 23.1 Å². The molecular weight excluding hydrogens is 278 g/mol. The van der Waals surface area contributed by atoms with Crippen LogP contribution >= 0.6 is 11.6 Å². The summed E-state index contributed by atoms with van der Waals surface area (Å²) in [6.45, 7) is -2.96. The fourth-order valence-corrected chi connectivity index (χ4v) is 2.50. The zero-order valence-corrected chi connectivity index (χ0v) is 10.6. The lowest BCUT2D eigenvalue weighted by Crippen LogP contribution is -2.09. The Morgan fingerprint density at radius 2 is 2.05 bits per heavy atom. The van der Waals surface area contributed by atoms with Gasteiger partial charge in [0.05, 0.1) is 0 Å². The van der Waals surface area contributed by atoms with E-state index in [-0.39, 0.29) is 24.4 Å². The molecule has 0 radical (unpaired) electrons. The molecule has 0 saturated heterocycles. The molecule has 0 amide bonds. The quantitative estimate of drug-likeness (QED) is 0.800. The zero-order chi connectivity index (χ0) is 14.0. The lowest BCUT2D eigenvalue weighted by molar-refractivity contribution is -0.121. The lowest BCUT2D eigenvalue weighted by atomic mass is 9.95. The van der Waals surface area contributed by atoms with Crippen molar-refractivity contribution in [3.63, 3.8) is 0 Å². The molecule has 0 N–H and O–H groups in total. The molecule has 2 atom stereocenters. The SMILES string of the molecule is O=C(Cl)[C@H]1CC(=O)[C@@H](c2ccccc2OC(F)F)C1. The van der Waals surface area contributed by atoms with Crippen LogP contribution in [0.3, 0.4) is 0 Å². The molecule has 19 heavy (non-hydrogen) atoms. The highest BCUT2D eigenvalue weighted by molar-refractivity contribution is 6.64. The van der Waals surface area contributed by atoms with E-state index >= 15 is 0 Å².